The molecular weight excluding hydrogens is 275 g/mol. The molecule has 2 rings (SSSR count). The number of nitrogens with zero attached hydrogens (tertiary/aromatic N) is 1. The van der Waals surface area contributed by atoms with Crippen molar-refractivity contribution < 1.29 is 18.0 Å². The van der Waals surface area contributed by atoms with Crippen LogP contribution in [-0.2, 0) is 4.79 Å². The summed E-state index contributed by atoms with van der Waals surface area (Å²) in [6.45, 7) is 1.36. The standard InChI is InChI=1S/C13H20F3NOS/c14-13(15,16)11-3-1-9(2-4-11)6-17-7-10(8-19)5-12(17)18/h9-11,19H,1-8H2. The minimum absolute atomic E-state index is 0.136. The van der Waals surface area contributed by atoms with E-state index in [0.717, 1.165) is 6.54 Å². The van der Waals surface area contributed by atoms with E-state index in [0.29, 0.717) is 37.5 Å². The van der Waals surface area contributed by atoms with E-state index in [4.69, 9.17) is 0 Å². The molecule has 19 heavy (non-hydrogen) atoms. The number of carbonyl (C=O) groups is 1. The molecule has 6 heteroatoms. The molecule has 1 aliphatic heterocycles. The molecule has 0 aromatic rings. The first-order valence-electron chi connectivity index (χ1n) is 6.85. The first kappa shape index (κ1) is 15.0. The highest BCUT2D eigenvalue weighted by molar-refractivity contribution is 7.80. The van der Waals surface area contributed by atoms with Crippen LogP contribution in [0.5, 0.6) is 0 Å². The summed E-state index contributed by atoms with van der Waals surface area (Å²) < 4.78 is 37.7. The Kier molecular flexibility index (Phi) is 4.69. The van der Waals surface area contributed by atoms with Gasteiger partial charge in [-0.1, -0.05) is 0 Å². The predicted octanol–water partition coefficient (Wildman–Crippen LogP) is 3.13. The van der Waals surface area contributed by atoms with E-state index >= 15 is 0 Å². The fraction of sp³-hybridized carbons (Fsp3) is 0.923. The van der Waals surface area contributed by atoms with E-state index < -0.39 is 12.1 Å². The smallest absolute Gasteiger partial charge is 0.342 e. The van der Waals surface area contributed by atoms with Crippen molar-refractivity contribution >= 4 is 18.5 Å². The molecule has 0 aromatic carbocycles. The van der Waals surface area contributed by atoms with Crippen molar-refractivity contribution in [2.75, 3.05) is 18.8 Å². The van der Waals surface area contributed by atoms with Gasteiger partial charge in [-0.15, -0.1) is 0 Å². The molecule has 1 unspecified atom stereocenters. The highest BCUT2D eigenvalue weighted by Gasteiger charge is 2.42. The van der Waals surface area contributed by atoms with E-state index in [-0.39, 0.29) is 24.7 Å². The summed E-state index contributed by atoms with van der Waals surface area (Å²) in [6.07, 6.45) is -1.91. The topological polar surface area (TPSA) is 20.3 Å². The van der Waals surface area contributed by atoms with E-state index in [1.54, 1.807) is 0 Å². The van der Waals surface area contributed by atoms with Gasteiger partial charge in [0.1, 0.15) is 0 Å². The van der Waals surface area contributed by atoms with Gasteiger partial charge in [-0.2, -0.15) is 25.8 Å². The van der Waals surface area contributed by atoms with Crippen LogP contribution < -0.4 is 0 Å². The van der Waals surface area contributed by atoms with Gasteiger partial charge in [0.2, 0.25) is 5.91 Å². The monoisotopic (exact) mass is 295 g/mol. The molecule has 0 spiro atoms. The zero-order valence-electron chi connectivity index (χ0n) is 10.8. The van der Waals surface area contributed by atoms with Gasteiger partial charge >= 0.3 is 6.18 Å². The van der Waals surface area contributed by atoms with E-state index in [1.165, 1.54) is 0 Å². The van der Waals surface area contributed by atoms with Gasteiger partial charge < -0.3 is 4.90 Å². The Labute approximate surface area is 117 Å². The molecule has 2 fully saturated rings. The van der Waals surface area contributed by atoms with Gasteiger partial charge in [-0.25, -0.2) is 0 Å². The molecule has 2 aliphatic rings. The lowest BCUT2D eigenvalue weighted by Gasteiger charge is -2.32. The molecule has 2 nitrogen and oxygen atoms in total. The van der Waals surface area contributed by atoms with E-state index in [1.807, 2.05) is 4.90 Å². The number of hydrogen-bond donors (Lipinski definition) is 1. The second kappa shape index (κ2) is 5.94. The maximum absolute atomic E-state index is 12.6. The molecule has 1 saturated heterocycles. The number of likely N-dealkylation sites (tertiary alicyclic amines) is 1. The Morgan fingerprint density at radius 3 is 2.26 bits per heavy atom. The van der Waals surface area contributed by atoms with Crippen LogP contribution in [0.2, 0.25) is 0 Å². The second-order valence-electron chi connectivity index (χ2n) is 5.81. The summed E-state index contributed by atoms with van der Waals surface area (Å²) in [7, 11) is 0. The van der Waals surface area contributed by atoms with Gasteiger partial charge in [0, 0.05) is 19.5 Å². The van der Waals surface area contributed by atoms with Crippen molar-refractivity contribution in [2.45, 2.75) is 38.3 Å². The van der Waals surface area contributed by atoms with E-state index in [9.17, 15) is 18.0 Å². The second-order valence-corrected chi connectivity index (χ2v) is 6.18. The van der Waals surface area contributed by atoms with Gasteiger partial charge in [-0.3, -0.25) is 4.79 Å². The molecule has 1 amide bonds. The molecule has 0 aromatic heterocycles. The van der Waals surface area contributed by atoms with Crippen LogP contribution >= 0.6 is 12.6 Å². The Bertz CT molecular complexity index is 326. The normalized spacial score (nSPS) is 32.9. The maximum Gasteiger partial charge on any atom is 0.391 e. The van der Waals surface area contributed by atoms with Crippen LogP contribution in [0.25, 0.3) is 0 Å². The van der Waals surface area contributed by atoms with E-state index in [2.05, 4.69) is 12.6 Å². The van der Waals surface area contributed by atoms with Crippen molar-refractivity contribution in [2.24, 2.45) is 17.8 Å². The third-order valence-corrected chi connectivity index (χ3v) is 4.86. The SMILES string of the molecule is O=C1CC(CS)CN1CC1CCC(C(F)(F)F)CC1. The summed E-state index contributed by atoms with van der Waals surface area (Å²) in [5.74, 6) is 0.243. The molecular formula is C13H20F3NOS. The van der Waals surface area contributed by atoms with Crippen LogP contribution in [0.3, 0.4) is 0 Å². The highest BCUT2D eigenvalue weighted by atomic mass is 32.1. The van der Waals surface area contributed by atoms with Gasteiger partial charge in [0.15, 0.2) is 0 Å². The quantitative estimate of drug-likeness (QED) is 0.793. The van der Waals surface area contributed by atoms with Crippen molar-refractivity contribution in [1.82, 2.24) is 4.90 Å². The zero-order valence-corrected chi connectivity index (χ0v) is 11.7. The number of amides is 1. The number of hydrogen-bond acceptors (Lipinski definition) is 2. The Hall–Kier alpha value is -0.390. The Balaban J connectivity index is 1.79. The van der Waals surface area contributed by atoms with Crippen LogP contribution in [-0.4, -0.2) is 35.8 Å². The fourth-order valence-corrected chi connectivity index (χ4v) is 3.38. The number of halogens is 3. The predicted molar refractivity (Wildman–Crippen MR) is 70.0 cm³/mol. The molecule has 1 heterocycles. The highest BCUT2D eigenvalue weighted by Crippen LogP contribution is 2.40. The third-order valence-electron chi connectivity index (χ3n) is 4.34. The summed E-state index contributed by atoms with van der Waals surface area (Å²) in [5, 5.41) is 0. The number of thiol groups is 1. The molecule has 1 saturated carbocycles. The van der Waals surface area contributed by atoms with Crippen molar-refractivity contribution in [3.05, 3.63) is 0 Å². The Morgan fingerprint density at radius 1 is 1.16 bits per heavy atom. The molecule has 110 valence electrons. The van der Waals surface area contributed by atoms with Gasteiger partial charge in [-0.05, 0) is 43.3 Å². The summed E-state index contributed by atoms with van der Waals surface area (Å²) in [4.78, 5) is 13.6. The van der Waals surface area contributed by atoms with Crippen molar-refractivity contribution in [3.63, 3.8) is 0 Å². The lowest BCUT2D eigenvalue weighted by molar-refractivity contribution is -0.184. The van der Waals surface area contributed by atoms with Gasteiger partial charge in [0.25, 0.3) is 0 Å². The summed E-state index contributed by atoms with van der Waals surface area (Å²) >= 11 is 4.20. The number of rotatable bonds is 3. The lowest BCUT2D eigenvalue weighted by Crippen LogP contribution is -2.35. The van der Waals surface area contributed by atoms with Crippen LogP contribution in [0, 0.1) is 17.8 Å². The maximum atomic E-state index is 12.6. The van der Waals surface area contributed by atoms with Crippen molar-refractivity contribution in [1.29, 1.82) is 0 Å². The summed E-state index contributed by atoms with van der Waals surface area (Å²) in [5.41, 5.74) is 0. The fourth-order valence-electron chi connectivity index (χ4n) is 3.14. The molecule has 1 aliphatic carbocycles. The third kappa shape index (κ3) is 3.80. The molecule has 1 atom stereocenters. The Morgan fingerprint density at radius 2 is 1.79 bits per heavy atom. The number of alkyl halides is 3. The lowest BCUT2D eigenvalue weighted by atomic mass is 9.81. The zero-order chi connectivity index (χ0) is 14.0. The first-order chi connectivity index (χ1) is 8.90. The minimum Gasteiger partial charge on any atom is -0.342 e. The molecule has 0 radical (unpaired) electrons. The summed E-state index contributed by atoms with van der Waals surface area (Å²) in [6, 6.07) is 0. The van der Waals surface area contributed by atoms with Crippen LogP contribution in [0.15, 0.2) is 0 Å². The largest absolute Gasteiger partial charge is 0.391 e. The number of carbonyl (C=O) groups excluding carboxylic acids is 1. The minimum atomic E-state index is -4.05. The van der Waals surface area contributed by atoms with Gasteiger partial charge in [0.05, 0.1) is 5.92 Å². The van der Waals surface area contributed by atoms with Crippen LogP contribution in [0.4, 0.5) is 13.2 Å². The average Bonchev–Trinajstić information content (AvgIpc) is 2.70. The molecule has 0 bridgehead atoms. The average molecular weight is 295 g/mol. The molecule has 0 N–H and O–H groups in total. The van der Waals surface area contributed by atoms with Crippen molar-refractivity contribution in [3.8, 4) is 0 Å². The first-order valence-corrected chi connectivity index (χ1v) is 7.48. The van der Waals surface area contributed by atoms with Crippen LogP contribution in [0.1, 0.15) is 32.1 Å².